The molecule has 0 saturated heterocycles. The Morgan fingerprint density at radius 1 is 1.26 bits per heavy atom. The van der Waals surface area contributed by atoms with Crippen molar-refractivity contribution in [1.29, 1.82) is 5.26 Å². The topological polar surface area (TPSA) is 33.0 Å². The van der Waals surface area contributed by atoms with Gasteiger partial charge in [-0.2, -0.15) is 5.26 Å². The van der Waals surface area contributed by atoms with E-state index in [1.807, 2.05) is 36.4 Å². The fourth-order valence-electron chi connectivity index (χ4n) is 1.68. The largest absolute Gasteiger partial charge is 0.496 e. The van der Waals surface area contributed by atoms with E-state index < -0.39 is 0 Å². The first-order valence-corrected chi connectivity index (χ1v) is 7.05. The van der Waals surface area contributed by atoms with Crippen molar-refractivity contribution in [2.24, 2.45) is 0 Å². The van der Waals surface area contributed by atoms with Crippen LogP contribution in [-0.4, -0.2) is 7.11 Å². The van der Waals surface area contributed by atoms with Crippen LogP contribution in [0.25, 0.3) is 0 Å². The Morgan fingerprint density at radius 3 is 2.74 bits per heavy atom. The van der Waals surface area contributed by atoms with Crippen molar-refractivity contribution >= 4 is 23.4 Å². The Labute approximate surface area is 122 Å². The molecule has 0 aliphatic heterocycles. The van der Waals surface area contributed by atoms with Gasteiger partial charge in [0, 0.05) is 16.2 Å². The average Bonchev–Trinajstić information content (AvgIpc) is 2.46. The van der Waals surface area contributed by atoms with Crippen molar-refractivity contribution in [3.05, 3.63) is 58.6 Å². The SMILES string of the molecule is COc1ccc(C#N)cc1CSc1ccccc1Cl. The van der Waals surface area contributed by atoms with Crippen molar-refractivity contribution < 1.29 is 4.74 Å². The summed E-state index contributed by atoms with van der Waals surface area (Å²) in [5.41, 5.74) is 1.63. The number of hydrogen-bond donors (Lipinski definition) is 0. The molecule has 4 heteroatoms. The van der Waals surface area contributed by atoms with Crippen LogP contribution in [0.15, 0.2) is 47.4 Å². The van der Waals surface area contributed by atoms with E-state index in [0.29, 0.717) is 11.3 Å². The Morgan fingerprint density at radius 2 is 2.05 bits per heavy atom. The van der Waals surface area contributed by atoms with Crippen molar-refractivity contribution in [3.8, 4) is 11.8 Å². The number of rotatable bonds is 4. The summed E-state index contributed by atoms with van der Waals surface area (Å²) in [6.07, 6.45) is 0. The molecular formula is C15H12ClNOS. The highest BCUT2D eigenvalue weighted by Gasteiger charge is 2.07. The highest BCUT2D eigenvalue weighted by molar-refractivity contribution is 7.98. The van der Waals surface area contributed by atoms with Crippen LogP contribution in [0, 0.1) is 11.3 Å². The molecule has 0 heterocycles. The van der Waals surface area contributed by atoms with Gasteiger partial charge >= 0.3 is 0 Å². The molecule has 0 aromatic heterocycles. The first kappa shape index (κ1) is 13.8. The third-order valence-corrected chi connectivity index (χ3v) is 4.19. The Hall–Kier alpha value is -1.63. The van der Waals surface area contributed by atoms with Gasteiger partial charge in [0.15, 0.2) is 0 Å². The molecule has 0 unspecified atom stereocenters. The van der Waals surface area contributed by atoms with Crippen LogP contribution < -0.4 is 4.74 Å². The van der Waals surface area contributed by atoms with Crippen LogP contribution in [0.1, 0.15) is 11.1 Å². The molecule has 0 fully saturated rings. The van der Waals surface area contributed by atoms with Gasteiger partial charge in [-0.1, -0.05) is 23.7 Å². The first-order chi connectivity index (χ1) is 9.24. The molecule has 19 heavy (non-hydrogen) atoms. The van der Waals surface area contributed by atoms with Gasteiger partial charge in [-0.25, -0.2) is 0 Å². The average molecular weight is 290 g/mol. The lowest BCUT2D eigenvalue weighted by Gasteiger charge is -2.09. The molecule has 0 amide bonds. The molecule has 96 valence electrons. The predicted molar refractivity (Wildman–Crippen MR) is 78.7 cm³/mol. The maximum Gasteiger partial charge on any atom is 0.122 e. The summed E-state index contributed by atoms with van der Waals surface area (Å²) in [7, 11) is 1.63. The second kappa shape index (κ2) is 6.51. The molecule has 2 aromatic carbocycles. The van der Waals surface area contributed by atoms with Crippen LogP contribution >= 0.6 is 23.4 Å². The van der Waals surface area contributed by atoms with Crippen LogP contribution in [0.2, 0.25) is 5.02 Å². The summed E-state index contributed by atoms with van der Waals surface area (Å²) >= 11 is 7.75. The summed E-state index contributed by atoms with van der Waals surface area (Å²) in [6, 6.07) is 15.3. The summed E-state index contributed by atoms with van der Waals surface area (Å²) in [6.45, 7) is 0. The fraction of sp³-hybridized carbons (Fsp3) is 0.133. The van der Waals surface area contributed by atoms with Crippen molar-refractivity contribution in [1.82, 2.24) is 0 Å². The lowest BCUT2D eigenvalue weighted by molar-refractivity contribution is 0.411. The second-order valence-electron chi connectivity index (χ2n) is 3.86. The van der Waals surface area contributed by atoms with E-state index in [-0.39, 0.29) is 0 Å². The summed E-state index contributed by atoms with van der Waals surface area (Å²) in [4.78, 5) is 1.02. The number of nitriles is 1. The summed E-state index contributed by atoms with van der Waals surface area (Å²) in [5, 5.41) is 9.68. The van der Waals surface area contributed by atoms with Crippen molar-refractivity contribution in [2.45, 2.75) is 10.6 Å². The van der Waals surface area contributed by atoms with Crippen LogP contribution in [0.3, 0.4) is 0 Å². The van der Waals surface area contributed by atoms with Gasteiger partial charge in [0.05, 0.1) is 23.8 Å². The highest BCUT2D eigenvalue weighted by Crippen LogP contribution is 2.32. The van der Waals surface area contributed by atoms with E-state index in [0.717, 1.165) is 21.2 Å². The number of thioether (sulfide) groups is 1. The first-order valence-electron chi connectivity index (χ1n) is 5.69. The number of hydrogen-bond acceptors (Lipinski definition) is 3. The molecule has 2 nitrogen and oxygen atoms in total. The second-order valence-corrected chi connectivity index (χ2v) is 5.28. The molecule has 0 atom stereocenters. The molecule has 0 aliphatic carbocycles. The fourth-order valence-corrected chi connectivity index (χ4v) is 2.89. The maximum atomic E-state index is 8.94. The standard InChI is InChI=1S/C15H12ClNOS/c1-18-14-7-6-11(9-17)8-12(14)10-19-15-5-3-2-4-13(15)16/h2-8H,10H2,1H3. The zero-order valence-corrected chi connectivity index (χ0v) is 12.0. The maximum absolute atomic E-state index is 8.94. The molecule has 0 spiro atoms. The van der Waals surface area contributed by atoms with Crippen LogP contribution in [0.4, 0.5) is 0 Å². The van der Waals surface area contributed by atoms with Gasteiger partial charge in [-0.3, -0.25) is 0 Å². The molecule has 0 bridgehead atoms. The monoisotopic (exact) mass is 289 g/mol. The molecule has 0 saturated carbocycles. The normalized spacial score (nSPS) is 9.95. The van der Waals surface area contributed by atoms with Crippen LogP contribution in [0.5, 0.6) is 5.75 Å². The zero-order chi connectivity index (χ0) is 13.7. The quantitative estimate of drug-likeness (QED) is 0.776. The summed E-state index contributed by atoms with van der Waals surface area (Å²) in [5.74, 6) is 1.50. The number of nitrogens with zero attached hydrogens (tertiary/aromatic N) is 1. The number of halogens is 1. The van der Waals surface area contributed by atoms with E-state index in [2.05, 4.69) is 6.07 Å². The van der Waals surface area contributed by atoms with Gasteiger partial charge in [0.1, 0.15) is 5.75 Å². The number of ether oxygens (including phenoxy) is 1. The third kappa shape index (κ3) is 3.44. The predicted octanol–water partition coefficient (Wildman–Crippen LogP) is 4.51. The lowest BCUT2D eigenvalue weighted by atomic mass is 10.1. The minimum absolute atomic E-state index is 0.635. The Balaban J connectivity index is 2.19. The van der Waals surface area contributed by atoms with E-state index in [9.17, 15) is 0 Å². The zero-order valence-electron chi connectivity index (χ0n) is 10.4. The molecule has 2 aromatic rings. The van der Waals surface area contributed by atoms with Crippen molar-refractivity contribution in [3.63, 3.8) is 0 Å². The Kier molecular flexibility index (Phi) is 4.73. The smallest absolute Gasteiger partial charge is 0.122 e. The number of methoxy groups -OCH3 is 1. The van der Waals surface area contributed by atoms with Gasteiger partial charge < -0.3 is 4.74 Å². The van der Waals surface area contributed by atoms with Gasteiger partial charge in [-0.15, -0.1) is 11.8 Å². The molecule has 2 rings (SSSR count). The molecule has 0 aliphatic rings. The van der Waals surface area contributed by atoms with Gasteiger partial charge in [0.25, 0.3) is 0 Å². The van der Waals surface area contributed by atoms with E-state index >= 15 is 0 Å². The lowest BCUT2D eigenvalue weighted by Crippen LogP contribution is -1.91. The minimum atomic E-state index is 0.635. The molecule has 0 radical (unpaired) electrons. The Bertz CT molecular complexity index is 622. The number of benzene rings is 2. The van der Waals surface area contributed by atoms with E-state index in [1.54, 1.807) is 24.9 Å². The summed E-state index contributed by atoms with van der Waals surface area (Å²) < 4.78 is 5.31. The minimum Gasteiger partial charge on any atom is -0.496 e. The van der Waals surface area contributed by atoms with E-state index in [4.69, 9.17) is 21.6 Å². The van der Waals surface area contributed by atoms with Gasteiger partial charge in [0.2, 0.25) is 0 Å². The third-order valence-electron chi connectivity index (χ3n) is 2.63. The van der Waals surface area contributed by atoms with Crippen LogP contribution in [-0.2, 0) is 5.75 Å². The van der Waals surface area contributed by atoms with Crippen molar-refractivity contribution in [2.75, 3.05) is 7.11 Å². The van der Waals surface area contributed by atoms with E-state index in [1.165, 1.54) is 0 Å². The molecular weight excluding hydrogens is 278 g/mol. The van der Waals surface area contributed by atoms with Gasteiger partial charge in [-0.05, 0) is 30.3 Å². The molecule has 0 N–H and O–H groups in total. The highest BCUT2D eigenvalue weighted by atomic mass is 35.5.